The van der Waals surface area contributed by atoms with Crippen molar-refractivity contribution in [3.8, 4) is 5.75 Å². The number of ether oxygens (including phenoxy) is 3. The van der Waals surface area contributed by atoms with Crippen LogP contribution in [0.1, 0.15) is 12.8 Å². The van der Waals surface area contributed by atoms with Crippen molar-refractivity contribution in [3.05, 3.63) is 55.1 Å². The number of allylic oxidation sites excluding steroid dienone is 1. The molecule has 3 unspecified atom stereocenters. The number of carbonyl (C=O) groups excluding carboxylic acids is 2. The van der Waals surface area contributed by atoms with Gasteiger partial charge in [0.2, 0.25) is 0 Å². The molecule has 0 radical (unpaired) electrons. The average Bonchev–Trinajstić information content (AvgIpc) is 2.70. The maximum absolute atomic E-state index is 12.5. The first-order valence-corrected chi connectivity index (χ1v) is 8.58. The highest BCUT2D eigenvalue weighted by Crippen LogP contribution is 2.27. The van der Waals surface area contributed by atoms with Crippen LogP contribution >= 0.6 is 0 Å². The van der Waals surface area contributed by atoms with Gasteiger partial charge in [-0.15, -0.1) is 0 Å². The molecule has 1 aliphatic rings. The van der Waals surface area contributed by atoms with Gasteiger partial charge in [-0.2, -0.15) is 0 Å². The van der Waals surface area contributed by atoms with Crippen molar-refractivity contribution in [3.63, 3.8) is 0 Å². The van der Waals surface area contributed by atoms with Crippen molar-refractivity contribution in [1.82, 2.24) is 0 Å². The summed E-state index contributed by atoms with van der Waals surface area (Å²) in [7, 11) is 0. The number of aliphatic carboxylic acids is 1. The summed E-state index contributed by atoms with van der Waals surface area (Å²) in [4.78, 5) is 35.2. The van der Waals surface area contributed by atoms with Crippen LogP contribution in [0.3, 0.4) is 0 Å². The van der Waals surface area contributed by atoms with Crippen LogP contribution < -0.4 is 4.74 Å². The van der Waals surface area contributed by atoms with Gasteiger partial charge in [0, 0.05) is 6.08 Å². The Hall–Kier alpha value is -3.09. The van der Waals surface area contributed by atoms with Crippen molar-refractivity contribution < 1.29 is 33.7 Å². The van der Waals surface area contributed by atoms with Gasteiger partial charge in [-0.05, 0) is 25.0 Å². The fraction of sp³-hybridized carbons (Fsp3) is 0.350. The molecule has 144 valence electrons. The van der Waals surface area contributed by atoms with E-state index in [0.29, 0.717) is 18.6 Å². The summed E-state index contributed by atoms with van der Waals surface area (Å²) in [5.41, 5.74) is 0. The van der Waals surface area contributed by atoms with Crippen molar-refractivity contribution in [2.45, 2.75) is 18.9 Å². The molecule has 7 nitrogen and oxygen atoms in total. The Kier molecular flexibility index (Phi) is 7.61. The van der Waals surface area contributed by atoms with Crippen LogP contribution in [0, 0.1) is 11.8 Å². The van der Waals surface area contributed by atoms with E-state index < -0.39 is 35.8 Å². The van der Waals surface area contributed by atoms with E-state index in [2.05, 4.69) is 6.58 Å². The highest BCUT2D eigenvalue weighted by Gasteiger charge is 2.35. The largest absolute Gasteiger partial charge is 0.490 e. The fourth-order valence-corrected chi connectivity index (χ4v) is 2.66. The quantitative estimate of drug-likeness (QED) is 0.402. The summed E-state index contributed by atoms with van der Waals surface area (Å²) in [6.07, 6.45) is 4.35. The summed E-state index contributed by atoms with van der Waals surface area (Å²) in [5, 5.41) is 9.29. The zero-order valence-electron chi connectivity index (χ0n) is 14.8. The standard InChI is InChI=1S/C20H22O7/c1-2-18(21)26-13-15(12-25-14-8-4-3-5-9-14)27-20(24)17-11-7-6-10-16(17)19(22)23/h2-6,8-10,15-17H,1,7,11-13H2,(H,22,23). The van der Waals surface area contributed by atoms with Crippen molar-refractivity contribution in [1.29, 1.82) is 0 Å². The number of esters is 2. The van der Waals surface area contributed by atoms with E-state index in [1.165, 1.54) is 6.08 Å². The molecule has 7 heteroatoms. The lowest BCUT2D eigenvalue weighted by Crippen LogP contribution is -2.37. The van der Waals surface area contributed by atoms with Crippen LogP contribution in [0.4, 0.5) is 0 Å². The van der Waals surface area contributed by atoms with Crippen LogP contribution in [-0.2, 0) is 23.9 Å². The lowest BCUT2D eigenvalue weighted by atomic mass is 9.84. The third kappa shape index (κ3) is 6.29. The normalized spacial score (nSPS) is 19.6. The number of para-hydroxylation sites is 1. The Balaban J connectivity index is 2.01. The van der Waals surface area contributed by atoms with Crippen LogP contribution in [0.15, 0.2) is 55.1 Å². The highest BCUT2D eigenvalue weighted by molar-refractivity contribution is 5.83. The molecular weight excluding hydrogens is 352 g/mol. The number of carboxylic acids is 1. The molecule has 0 aliphatic heterocycles. The van der Waals surface area contributed by atoms with Gasteiger partial charge in [-0.25, -0.2) is 4.79 Å². The summed E-state index contributed by atoms with van der Waals surface area (Å²) < 4.78 is 15.9. The van der Waals surface area contributed by atoms with E-state index in [9.17, 15) is 19.5 Å². The molecule has 1 N–H and O–H groups in total. The van der Waals surface area contributed by atoms with Gasteiger partial charge in [-0.3, -0.25) is 9.59 Å². The molecular formula is C20H22O7. The zero-order chi connectivity index (χ0) is 19.6. The molecule has 1 aromatic carbocycles. The first kappa shape index (κ1) is 20.2. The number of carbonyl (C=O) groups is 3. The number of benzene rings is 1. The van der Waals surface area contributed by atoms with Crippen LogP contribution in [-0.4, -0.2) is 42.3 Å². The van der Waals surface area contributed by atoms with E-state index in [1.54, 1.807) is 30.3 Å². The van der Waals surface area contributed by atoms with Crippen molar-refractivity contribution in [2.24, 2.45) is 11.8 Å². The topological polar surface area (TPSA) is 99.1 Å². The first-order chi connectivity index (χ1) is 13.0. The predicted molar refractivity (Wildman–Crippen MR) is 96.0 cm³/mol. The average molecular weight is 374 g/mol. The minimum Gasteiger partial charge on any atom is -0.490 e. The molecule has 0 spiro atoms. The van der Waals surface area contributed by atoms with E-state index in [1.807, 2.05) is 6.07 Å². The van der Waals surface area contributed by atoms with Gasteiger partial charge in [0.25, 0.3) is 0 Å². The second kappa shape index (κ2) is 10.2. The van der Waals surface area contributed by atoms with E-state index >= 15 is 0 Å². The Morgan fingerprint density at radius 3 is 2.63 bits per heavy atom. The number of hydrogen-bond acceptors (Lipinski definition) is 6. The molecule has 0 aromatic heterocycles. The molecule has 0 saturated heterocycles. The SMILES string of the molecule is C=CC(=O)OCC(COc1ccccc1)OC(=O)C1CCC=CC1C(=O)O. The minimum atomic E-state index is -1.08. The summed E-state index contributed by atoms with van der Waals surface area (Å²) in [6.45, 7) is 3.05. The second-order valence-electron chi connectivity index (χ2n) is 5.99. The Morgan fingerprint density at radius 1 is 1.22 bits per heavy atom. The third-order valence-electron chi connectivity index (χ3n) is 4.05. The predicted octanol–water partition coefficient (Wildman–Crippen LogP) is 2.37. The highest BCUT2D eigenvalue weighted by atomic mass is 16.6. The monoisotopic (exact) mass is 374 g/mol. The summed E-state index contributed by atoms with van der Waals surface area (Å²) in [6, 6.07) is 8.89. The molecule has 27 heavy (non-hydrogen) atoms. The molecule has 0 bridgehead atoms. The van der Waals surface area contributed by atoms with Gasteiger partial charge in [0.05, 0.1) is 11.8 Å². The lowest BCUT2D eigenvalue weighted by molar-refractivity contribution is -0.166. The lowest BCUT2D eigenvalue weighted by Gasteiger charge is -2.25. The second-order valence-corrected chi connectivity index (χ2v) is 5.99. The Labute approximate surface area is 157 Å². The van der Waals surface area contributed by atoms with Gasteiger partial charge in [0.15, 0.2) is 6.10 Å². The number of rotatable bonds is 9. The van der Waals surface area contributed by atoms with Crippen molar-refractivity contribution >= 4 is 17.9 Å². The Bertz CT molecular complexity index is 696. The maximum atomic E-state index is 12.5. The maximum Gasteiger partial charge on any atom is 0.330 e. The van der Waals surface area contributed by atoms with Gasteiger partial charge in [0.1, 0.15) is 19.0 Å². The van der Waals surface area contributed by atoms with Crippen LogP contribution in [0.2, 0.25) is 0 Å². The van der Waals surface area contributed by atoms with E-state index in [0.717, 1.165) is 6.08 Å². The molecule has 1 aliphatic carbocycles. The fourth-order valence-electron chi connectivity index (χ4n) is 2.66. The molecule has 1 aromatic rings. The van der Waals surface area contributed by atoms with Crippen LogP contribution in [0.5, 0.6) is 5.75 Å². The van der Waals surface area contributed by atoms with Gasteiger partial charge in [-0.1, -0.05) is 36.9 Å². The van der Waals surface area contributed by atoms with E-state index in [-0.39, 0.29) is 13.2 Å². The zero-order valence-corrected chi connectivity index (χ0v) is 14.8. The number of carboxylic acid groups (broad SMARTS) is 1. The molecule has 0 heterocycles. The third-order valence-corrected chi connectivity index (χ3v) is 4.05. The molecule has 3 atom stereocenters. The summed E-state index contributed by atoms with van der Waals surface area (Å²) >= 11 is 0. The van der Waals surface area contributed by atoms with Crippen LogP contribution in [0.25, 0.3) is 0 Å². The molecule has 0 fully saturated rings. The van der Waals surface area contributed by atoms with Crippen molar-refractivity contribution in [2.75, 3.05) is 13.2 Å². The van der Waals surface area contributed by atoms with Gasteiger partial charge >= 0.3 is 17.9 Å². The minimum absolute atomic E-state index is 0.0412. The van der Waals surface area contributed by atoms with E-state index in [4.69, 9.17) is 14.2 Å². The molecule has 0 amide bonds. The van der Waals surface area contributed by atoms with Gasteiger partial charge < -0.3 is 19.3 Å². The Morgan fingerprint density at radius 2 is 1.96 bits per heavy atom. The first-order valence-electron chi connectivity index (χ1n) is 8.58. The summed E-state index contributed by atoms with van der Waals surface area (Å²) in [5.74, 6) is -3.54. The number of hydrogen-bond donors (Lipinski definition) is 1. The smallest absolute Gasteiger partial charge is 0.330 e. The molecule has 2 rings (SSSR count). The molecule has 0 saturated carbocycles.